The summed E-state index contributed by atoms with van der Waals surface area (Å²) in [5, 5.41) is 5.24. The first-order valence-corrected chi connectivity index (χ1v) is 17.8. The Hall–Kier alpha value is -6.06. The van der Waals surface area contributed by atoms with Crippen LogP contribution in [-0.4, -0.2) is 9.13 Å². The molecule has 0 saturated carbocycles. The molecule has 0 radical (unpaired) electrons. The monoisotopic (exact) mass is 645 g/mol. The van der Waals surface area contributed by atoms with Gasteiger partial charge in [0.1, 0.15) is 0 Å². The van der Waals surface area contributed by atoms with Gasteiger partial charge in [0.15, 0.2) is 0 Å². The molecule has 2 aromatic heterocycles. The van der Waals surface area contributed by atoms with Gasteiger partial charge in [-0.15, -0.1) is 0 Å². The van der Waals surface area contributed by atoms with Crippen LogP contribution in [0.2, 0.25) is 0 Å². The number of aryl methyl sites for hydroxylation is 2. The van der Waals surface area contributed by atoms with Gasteiger partial charge in [0.2, 0.25) is 0 Å². The Morgan fingerprint density at radius 1 is 0.380 bits per heavy atom. The summed E-state index contributed by atoms with van der Waals surface area (Å²) in [6.45, 7) is 6.35. The van der Waals surface area contributed by atoms with Gasteiger partial charge in [-0.2, -0.15) is 0 Å². The van der Waals surface area contributed by atoms with Crippen LogP contribution in [0.4, 0.5) is 17.1 Å². The molecule has 0 aliphatic rings. The van der Waals surface area contributed by atoms with Crippen molar-refractivity contribution in [3.63, 3.8) is 0 Å². The lowest BCUT2D eigenvalue weighted by Gasteiger charge is -2.26. The summed E-state index contributed by atoms with van der Waals surface area (Å²) in [5.74, 6) is 0.0484. The molecule has 0 fully saturated rings. The first-order chi connectivity index (χ1) is 24.7. The first kappa shape index (κ1) is 30.0. The number of anilines is 3. The van der Waals surface area contributed by atoms with Crippen molar-refractivity contribution in [2.45, 2.75) is 32.9 Å². The Morgan fingerprint density at radius 2 is 0.760 bits per heavy atom. The molecular formula is C47H39N3. The average molecular weight is 646 g/mol. The zero-order valence-corrected chi connectivity index (χ0v) is 28.5. The van der Waals surface area contributed by atoms with Gasteiger partial charge in [-0.3, -0.25) is 0 Å². The van der Waals surface area contributed by atoms with Crippen molar-refractivity contribution in [1.29, 1.82) is 0 Å². The van der Waals surface area contributed by atoms with E-state index in [4.69, 9.17) is 0 Å². The van der Waals surface area contributed by atoms with Crippen molar-refractivity contribution < 1.29 is 0 Å². The lowest BCUT2D eigenvalue weighted by atomic mass is 9.84. The molecule has 0 saturated heterocycles. The van der Waals surface area contributed by atoms with Gasteiger partial charge in [-0.25, -0.2) is 0 Å². The molecule has 7 aromatic carbocycles. The van der Waals surface area contributed by atoms with Crippen LogP contribution in [0.5, 0.6) is 0 Å². The average Bonchev–Trinajstić information content (AvgIpc) is 3.68. The number of aromatic nitrogens is 2. The largest absolute Gasteiger partial charge is 0.341 e. The Bertz CT molecular complexity index is 2450. The highest BCUT2D eigenvalue weighted by Crippen LogP contribution is 2.41. The number of hydrogen-bond acceptors (Lipinski definition) is 1. The predicted molar refractivity (Wildman–Crippen MR) is 212 cm³/mol. The quantitative estimate of drug-likeness (QED) is 0.150. The van der Waals surface area contributed by atoms with Gasteiger partial charge in [-0.05, 0) is 103 Å². The third-order valence-corrected chi connectivity index (χ3v) is 10.4. The molecule has 0 aliphatic heterocycles. The highest BCUT2D eigenvalue weighted by molar-refractivity contribution is 6.09. The SMILES string of the molecule is CCn1c2ccccc2c2cc(C(c3ccc(N(c4ccccc4)c4ccccc4)cc3)c3ccc4c(c3)c3ccccc3n4CC)ccc21. The maximum Gasteiger partial charge on any atom is 0.0491 e. The summed E-state index contributed by atoms with van der Waals surface area (Å²) in [7, 11) is 0. The van der Waals surface area contributed by atoms with E-state index in [2.05, 4.69) is 198 Å². The fourth-order valence-electron chi connectivity index (χ4n) is 8.18. The highest BCUT2D eigenvalue weighted by Gasteiger charge is 2.22. The molecule has 0 atom stereocenters. The summed E-state index contributed by atoms with van der Waals surface area (Å²) in [4.78, 5) is 2.33. The second-order valence-corrected chi connectivity index (χ2v) is 13.1. The summed E-state index contributed by atoms with van der Waals surface area (Å²) < 4.78 is 4.87. The third kappa shape index (κ3) is 4.89. The van der Waals surface area contributed by atoms with E-state index in [1.165, 1.54) is 60.3 Å². The lowest BCUT2D eigenvalue weighted by molar-refractivity contribution is 0.826. The second kappa shape index (κ2) is 12.4. The minimum absolute atomic E-state index is 0.0484. The molecule has 0 bridgehead atoms. The summed E-state index contributed by atoms with van der Waals surface area (Å²) in [6, 6.07) is 62.4. The Labute approximate surface area is 293 Å². The minimum atomic E-state index is 0.0484. The molecule has 9 aromatic rings. The Kier molecular flexibility index (Phi) is 7.47. The highest BCUT2D eigenvalue weighted by atomic mass is 15.1. The van der Waals surface area contributed by atoms with Gasteiger partial charge in [0.25, 0.3) is 0 Å². The summed E-state index contributed by atoms with van der Waals surface area (Å²) in [6.07, 6.45) is 0. The van der Waals surface area contributed by atoms with E-state index in [0.29, 0.717) is 0 Å². The van der Waals surface area contributed by atoms with Crippen LogP contribution in [0.3, 0.4) is 0 Å². The van der Waals surface area contributed by atoms with Crippen LogP contribution in [0.1, 0.15) is 36.5 Å². The second-order valence-electron chi connectivity index (χ2n) is 13.1. The minimum Gasteiger partial charge on any atom is -0.341 e. The van der Waals surface area contributed by atoms with Crippen molar-refractivity contribution in [3.8, 4) is 0 Å². The molecule has 50 heavy (non-hydrogen) atoms. The predicted octanol–water partition coefficient (Wildman–Crippen LogP) is 12.6. The number of para-hydroxylation sites is 4. The lowest BCUT2D eigenvalue weighted by Crippen LogP contribution is -2.10. The van der Waals surface area contributed by atoms with E-state index in [0.717, 1.165) is 30.2 Å². The van der Waals surface area contributed by atoms with Crippen molar-refractivity contribution in [2.75, 3.05) is 4.90 Å². The molecular weight excluding hydrogens is 607 g/mol. The molecule has 3 nitrogen and oxygen atoms in total. The fraction of sp³-hybridized carbons (Fsp3) is 0.106. The van der Waals surface area contributed by atoms with Gasteiger partial charge < -0.3 is 14.0 Å². The molecule has 2 heterocycles. The number of fused-ring (bicyclic) bond motifs is 6. The normalized spacial score (nSPS) is 11.7. The molecule has 0 unspecified atom stereocenters. The van der Waals surface area contributed by atoms with Gasteiger partial charge >= 0.3 is 0 Å². The maximum absolute atomic E-state index is 2.45. The molecule has 242 valence electrons. The molecule has 0 amide bonds. The summed E-state index contributed by atoms with van der Waals surface area (Å²) >= 11 is 0. The number of rotatable bonds is 8. The maximum atomic E-state index is 2.45. The van der Waals surface area contributed by atoms with Crippen LogP contribution >= 0.6 is 0 Å². The van der Waals surface area contributed by atoms with E-state index in [1.807, 2.05) is 0 Å². The van der Waals surface area contributed by atoms with Crippen LogP contribution < -0.4 is 4.90 Å². The van der Waals surface area contributed by atoms with E-state index in [9.17, 15) is 0 Å². The van der Waals surface area contributed by atoms with Crippen LogP contribution in [0.25, 0.3) is 43.6 Å². The number of benzene rings is 7. The summed E-state index contributed by atoms with van der Waals surface area (Å²) in [5.41, 5.74) is 12.4. The number of nitrogens with zero attached hydrogens (tertiary/aromatic N) is 3. The van der Waals surface area contributed by atoms with E-state index in [1.54, 1.807) is 0 Å². The van der Waals surface area contributed by atoms with Gasteiger partial charge in [0, 0.05) is 79.7 Å². The Morgan fingerprint density at radius 3 is 1.22 bits per heavy atom. The zero-order chi connectivity index (χ0) is 33.6. The zero-order valence-electron chi connectivity index (χ0n) is 28.5. The molecule has 0 spiro atoms. The van der Waals surface area contributed by atoms with Gasteiger partial charge in [-0.1, -0.05) is 97.1 Å². The van der Waals surface area contributed by atoms with Crippen LogP contribution in [0.15, 0.2) is 170 Å². The van der Waals surface area contributed by atoms with E-state index < -0.39 is 0 Å². The third-order valence-electron chi connectivity index (χ3n) is 10.4. The van der Waals surface area contributed by atoms with E-state index in [-0.39, 0.29) is 5.92 Å². The topological polar surface area (TPSA) is 13.1 Å². The van der Waals surface area contributed by atoms with Crippen LogP contribution in [0, 0.1) is 0 Å². The van der Waals surface area contributed by atoms with E-state index >= 15 is 0 Å². The van der Waals surface area contributed by atoms with Crippen molar-refractivity contribution >= 4 is 60.7 Å². The Balaban J connectivity index is 1.24. The number of hydrogen-bond donors (Lipinski definition) is 0. The van der Waals surface area contributed by atoms with Crippen LogP contribution in [-0.2, 0) is 13.1 Å². The molecule has 3 heteroatoms. The molecule has 9 rings (SSSR count). The fourth-order valence-corrected chi connectivity index (χ4v) is 8.18. The van der Waals surface area contributed by atoms with Crippen molar-refractivity contribution in [3.05, 3.63) is 187 Å². The standard InChI is InChI=1S/C47H39N3/c1-3-48-43-21-13-11-19-39(43)41-31-34(25-29-45(41)48)47(35-26-30-46-42(32-35)40-20-12-14-22-44(40)49(46)4-2)33-23-27-38(28-24-33)50(36-15-7-5-8-16-36)37-17-9-6-10-18-37/h5-32,47H,3-4H2,1-2H3. The molecule has 0 N–H and O–H groups in total. The van der Waals surface area contributed by atoms with Crippen molar-refractivity contribution in [1.82, 2.24) is 9.13 Å². The molecule has 0 aliphatic carbocycles. The smallest absolute Gasteiger partial charge is 0.0491 e. The van der Waals surface area contributed by atoms with Crippen molar-refractivity contribution in [2.24, 2.45) is 0 Å². The first-order valence-electron chi connectivity index (χ1n) is 17.8. The van der Waals surface area contributed by atoms with Gasteiger partial charge in [0.05, 0.1) is 0 Å².